The average Bonchev–Trinajstić information content (AvgIpc) is 3.46. The van der Waals surface area contributed by atoms with Gasteiger partial charge in [0, 0.05) is 39.7 Å². The number of methoxy groups -OCH3 is 1. The fourth-order valence-electron chi connectivity index (χ4n) is 6.32. The van der Waals surface area contributed by atoms with Crippen LogP contribution in [0.5, 0.6) is 5.75 Å². The number of esters is 4. The van der Waals surface area contributed by atoms with Crippen LogP contribution in [0.2, 0.25) is 0 Å². The fourth-order valence-corrected chi connectivity index (χ4v) is 6.32. The number of hydrogen-bond acceptors (Lipinski definition) is 14. The summed E-state index contributed by atoms with van der Waals surface area (Å²) >= 11 is 0. The molecule has 2 aliphatic rings. The van der Waals surface area contributed by atoms with Gasteiger partial charge >= 0.3 is 30.0 Å². The van der Waals surface area contributed by atoms with E-state index in [-0.39, 0.29) is 36.9 Å². The van der Waals surface area contributed by atoms with Crippen LogP contribution < -0.4 is 15.4 Å². The van der Waals surface area contributed by atoms with Crippen LogP contribution in [0.1, 0.15) is 49.8 Å². The maximum Gasteiger partial charge on any atom is 0.407 e. The maximum absolute atomic E-state index is 13.1. The average molecular weight is 749 g/mol. The van der Waals surface area contributed by atoms with E-state index in [2.05, 4.69) is 10.6 Å². The highest BCUT2D eigenvalue weighted by Gasteiger charge is 2.56. The number of hydrogen-bond donors (Lipinski definition) is 3. The standard InChI is InChI=1S/C38H40N2O14/c1-20(42)50-32-33(51-21(2)43)35(52-22(3)44)37(54-34(32)36(46)48-4)53-30-14-13-23(18-41)17-29(30)40-31(45)15-16-39-38(47)49-19-28-26-11-7-5-9-24(26)25-10-6-8-12-27(25)28/h5-14,17,28,32-35,37,41H,15-16,18-19H2,1-4H3,(H,39,47)(H,40,45)/t32-,33-,34-,35+,37+/m0/s1. The van der Waals surface area contributed by atoms with Crippen LogP contribution in [0.3, 0.4) is 0 Å². The number of ether oxygens (including phenoxy) is 7. The Morgan fingerprint density at radius 1 is 0.778 bits per heavy atom. The second-order valence-electron chi connectivity index (χ2n) is 12.3. The number of amides is 2. The van der Waals surface area contributed by atoms with Crippen molar-refractivity contribution >= 4 is 41.6 Å². The molecule has 0 spiro atoms. The first-order valence-corrected chi connectivity index (χ1v) is 16.9. The molecule has 1 aliphatic heterocycles. The third kappa shape index (κ3) is 9.31. The molecule has 1 aliphatic carbocycles. The molecule has 1 saturated heterocycles. The minimum atomic E-state index is -1.71. The van der Waals surface area contributed by atoms with Gasteiger partial charge in [-0.1, -0.05) is 54.6 Å². The highest BCUT2D eigenvalue weighted by Crippen LogP contribution is 2.44. The molecule has 16 heteroatoms. The third-order valence-electron chi connectivity index (χ3n) is 8.54. The molecule has 5 rings (SSSR count). The smallest absolute Gasteiger partial charge is 0.407 e. The molecule has 0 saturated carbocycles. The fraction of sp³-hybridized carbons (Fsp3) is 0.368. The van der Waals surface area contributed by atoms with Crippen LogP contribution in [0.15, 0.2) is 66.7 Å². The number of fused-ring (bicyclic) bond motifs is 3. The van der Waals surface area contributed by atoms with Crippen molar-refractivity contribution in [3.05, 3.63) is 83.4 Å². The highest BCUT2D eigenvalue weighted by atomic mass is 16.7. The Morgan fingerprint density at radius 2 is 1.37 bits per heavy atom. The highest BCUT2D eigenvalue weighted by molar-refractivity contribution is 5.92. The summed E-state index contributed by atoms with van der Waals surface area (Å²) in [6.07, 6.45) is -9.12. The van der Waals surface area contributed by atoms with Crippen LogP contribution >= 0.6 is 0 Å². The van der Waals surface area contributed by atoms with Crippen LogP contribution in [0.25, 0.3) is 11.1 Å². The second kappa shape index (κ2) is 17.7. The van der Waals surface area contributed by atoms with E-state index >= 15 is 0 Å². The number of carbonyl (C=O) groups is 6. The van der Waals surface area contributed by atoms with Crippen molar-refractivity contribution in [1.29, 1.82) is 0 Å². The first-order chi connectivity index (χ1) is 25.9. The summed E-state index contributed by atoms with van der Waals surface area (Å²) in [5, 5.41) is 15.0. The lowest BCUT2D eigenvalue weighted by atomic mass is 9.97. The molecule has 3 aromatic rings. The zero-order chi connectivity index (χ0) is 38.9. The van der Waals surface area contributed by atoms with Gasteiger partial charge in [0.1, 0.15) is 12.4 Å². The van der Waals surface area contributed by atoms with Gasteiger partial charge in [0.05, 0.1) is 19.4 Å². The van der Waals surface area contributed by atoms with E-state index < -0.39 is 73.2 Å². The number of anilines is 1. The number of rotatable bonds is 13. The summed E-state index contributed by atoms with van der Waals surface area (Å²) < 4.78 is 38.3. The summed E-state index contributed by atoms with van der Waals surface area (Å²) in [4.78, 5) is 74.9. The van der Waals surface area contributed by atoms with E-state index in [1.54, 1.807) is 0 Å². The molecular weight excluding hydrogens is 708 g/mol. The monoisotopic (exact) mass is 748 g/mol. The molecule has 3 aromatic carbocycles. The van der Waals surface area contributed by atoms with Crippen molar-refractivity contribution < 1.29 is 67.0 Å². The normalized spacial score (nSPS) is 20.0. The second-order valence-corrected chi connectivity index (χ2v) is 12.3. The predicted molar refractivity (Wildman–Crippen MR) is 187 cm³/mol. The minimum absolute atomic E-state index is 0.0265. The van der Waals surface area contributed by atoms with Crippen molar-refractivity contribution in [2.24, 2.45) is 0 Å². The summed E-state index contributed by atoms with van der Waals surface area (Å²) in [6, 6.07) is 20.1. The lowest BCUT2D eigenvalue weighted by Gasteiger charge is -2.43. The van der Waals surface area contributed by atoms with Gasteiger partial charge in [0.25, 0.3) is 0 Å². The van der Waals surface area contributed by atoms with E-state index in [4.69, 9.17) is 33.2 Å². The van der Waals surface area contributed by atoms with E-state index in [9.17, 15) is 33.9 Å². The van der Waals surface area contributed by atoms with Crippen LogP contribution in [0.4, 0.5) is 10.5 Å². The molecule has 5 atom stereocenters. The van der Waals surface area contributed by atoms with Gasteiger partial charge < -0.3 is 48.9 Å². The Labute approximate surface area is 309 Å². The number of benzene rings is 3. The Balaban J connectivity index is 1.26. The molecule has 0 bridgehead atoms. The van der Waals surface area contributed by atoms with Crippen molar-refractivity contribution in [2.45, 2.75) is 70.4 Å². The molecule has 0 aromatic heterocycles. The lowest BCUT2D eigenvalue weighted by Crippen LogP contribution is -2.64. The molecule has 16 nitrogen and oxygen atoms in total. The number of aliphatic hydroxyl groups excluding tert-OH is 1. The topological polar surface area (TPSA) is 211 Å². The Kier molecular flexibility index (Phi) is 12.8. The lowest BCUT2D eigenvalue weighted by molar-refractivity contribution is -0.282. The van der Waals surface area contributed by atoms with Crippen LogP contribution in [0, 0.1) is 0 Å². The van der Waals surface area contributed by atoms with Gasteiger partial charge in [-0.3, -0.25) is 19.2 Å². The van der Waals surface area contributed by atoms with Gasteiger partial charge in [0.15, 0.2) is 18.3 Å². The van der Waals surface area contributed by atoms with E-state index in [1.807, 2.05) is 48.5 Å². The SMILES string of the molecule is COC(=O)[C@H]1O[C@@H](Oc2ccc(CO)cc2NC(=O)CCNC(=O)OCC2c3ccccc3-c3ccccc32)[C@H](OC(C)=O)[C@@H](OC(C)=O)[C@@H]1OC(C)=O. The molecule has 2 amide bonds. The molecule has 3 N–H and O–H groups in total. The quantitative estimate of drug-likeness (QED) is 0.169. The molecule has 54 heavy (non-hydrogen) atoms. The van der Waals surface area contributed by atoms with Crippen molar-refractivity contribution in [3.8, 4) is 16.9 Å². The first-order valence-electron chi connectivity index (χ1n) is 16.9. The zero-order valence-electron chi connectivity index (χ0n) is 29.9. The summed E-state index contributed by atoms with van der Waals surface area (Å²) in [5.41, 5.74) is 4.68. The van der Waals surface area contributed by atoms with Gasteiger partial charge in [-0.15, -0.1) is 0 Å². The Hall–Kier alpha value is -6.00. The van der Waals surface area contributed by atoms with E-state index in [1.165, 1.54) is 18.2 Å². The summed E-state index contributed by atoms with van der Waals surface area (Å²) in [6.45, 7) is 2.75. The first kappa shape index (κ1) is 39.2. The number of nitrogens with one attached hydrogen (secondary N) is 2. The zero-order valence-corrected chi connectivity index (χ0v) is 29.9. The molecular formula is C38H40N2O14. The van der Waals surface area contributed by atoms with Gasteiger partial charge in [-0.25, -0.2) is 9.59 Å². The maximum atomic E-state index is 13.1. The predicted octanol–water partition coefficient (Wildman–Crippen LogP) is 3.12. The van der Waals surface area contributed by atoms with Crippen molar-refractivity contribution in [3.63, 3.8) is 0 Å². The Morgan fingerprint density at radius 3 is 1.96 bits per heavy atom. The number of aliphatic hydroxyl groups is 1. The largest absolute Gasteiger partial charge is 0.467 e. The van der Waals surface area contributed by atoms with Crippen LogP contribution in [-0.4, -0.2) is 92.0 Å². The molecule has 1 heterocycles. The van der Waals surface area contributed by atoms with Crippen LogP contribution in [-0.2, 0) is 59.0 Å². The Bertz CT molecular complexity index is 1850. The minimum Gasteiger partial charge on any atom is -0.467 e. The number of carbonyl (C=O) groups excluding carboxylic acids is 6. The van der Waals surface area contributed by atoms with Gasteiger partial charge in [0.2, 0.25) is 18.3 Å². The molecule has 0 radical (unpaired) electrons. The molecule has 1 fully saturated rings. The summed E-state index contributed by atoms with van der Waals surface area (Å²) in [7, 11) is 1.05. The number of alkyl carbamates (subject to hydrolysis) is 1. The van der Waals surface area contributed by atoms with Crippen molar-refractivity contribution in [2.75, 3.05) is 25.6 Å². The van der Waals surface area contributed by atoms with Gasteiger partial charge in [-0.05, 0) is 39.9 Å². The van der Waals surface area contributed by atoms with Gasteiger partial charge in [-0.2, -0.15) is 0 Å². The molecule has 0 unspecified atom stereocenters. The third-order valence-corrected chi connectivity index (χ3v) is 8.54. The van der Waals surface area contributed by atoms with E-state index in [0.717, 1.165) is 50.1 Å². The molecule has 286 valence electrons. The van der Waals surface area contributed by atoms with Crippen molar-refractivity contribution in [1.82, 2.24) is 5.32 Å². The summed E-state index contributed by atoms with van der Waals surface area (Å²) in [5.74, 6) is -4.42. The van der Waals surface area contributed by atoms with E-state index in [0.29, 0.717) is 5.56 Å².